The maximum atomic E-state index is 12.2. The highest BCUT2D eigenvalue weighted by atomic mass is 127. The number of ether oxygens (including phenoxy) is 1. The zero-order valence-electron chi connectivity index (χ0n) is 10.2. The van der Waals surface area contributed by atoms with Crippen LogP contribution in [0.25, 0.3) is 0 Å². The Kier molecular flexibility index (Phi) is 7.49. The molecule has 0 radical (unpaired) electrons. The Balaban J connectivity index is 2.07. The Labute approximate surface area is 133 Å². The molecule has 0 saturated heterocycles. The van der Waals surface area contributed by atoms with E-state index in [2.05, 4.69) is 38.5 Å². The number of hydrogen-bond acceptors (Lipinski definition) is 1. The van der Waals surface area contributed by atoms with Crippen LogP contribution in [0.15, 0.2) is 24.3 Å². The molecule has 1 unspecified atom stereocenters. The summed E-state index contributed by atoms with van der Waals surface area (Å²) in [5.74, 6) is 0.800. The van der Waals surface area contributed by atoms with Crippen molar-refractivity contribution in [3.63, 3.8) is 0 Å². The fraction of sp³-hybridized carbons (Fsp3) is 0.538. The lowest BCUT2D eigenvalue weighted by Gasteiger charge is -2.13. The first-order valence-electron chi connectivity index (χ1n) is 5.99. The lowest BCUT2D eigenvalue weighted by molar-refractivity contribution is -0.128. The van der Waals surface area contributed by atoms with Crippen LogP contribution < -0.4 is 4.74 Å². The van der Waals surface area contributed by atoms with Gasteiger partial charge in [0.2, 0.25) is 0 Å². The van der Waals surface area contributed by atoms with Gasteiger partial charge in [-0.25, -0.2) is 0 Å². The number of alkyl halides is 4. The molecule has 0 aromatic heterocycles. The van der Waals surface area contributed by atoms with Crippen LogP contribution in [0.1, 0.15) is 25.7 Å². The number of unbranched alkanes of at least 4 members (excludes halogenated alkanes) is 2. The van der Waals surface area contributed by atoms with E-state index in [9.17, 15) is 13.2 Å². The fourth-order valence-corrected chi connectivity index (χ4v) is 2.17. The molecule has 0 aliphatic rings. The van der Waals surface area contributed by atoms with E-state index in [1.807, 2.05) is 24.3 Å². The second-order valence-corrected chi connectivity index (χ2v) is 6.51. The van der Waals surface area contributed by atoms with E-state index >= 15 is 0 Å². The molecule has 1 aromatic rings. The van der Waals surface area contributed by atoms with Gasteiger partial charge in [-0.3, -0.25) is 0 Å². The van der Waals surface area contributed by atoms with E-state index < -0.39 is 11.0 Å². The van der Waals surface area contributed by atoms with E-state index in [-0.39, 0.29) is 6.42 Å². The van der Waals surface area contributed by atoms with Crippen molar-refractivity contribution in [1.29, 1.82) is 0 Å². The minimum atomic E-state index is -4.14. The highest BCUT2D eigenvalue weighted by Crippen LogP contribution is 2.30. The largest absolute Gasteiger partial charge is 0.494 e. The summed E-state index contributed by atoms with van der Waals surface area (Å²) in [5, 5.41) is 0. The Morgan fingerprint density at radius 3 is 2.32 bits per heavy atom. The van der Waals surface area contributed by atoms with Crippen LogP contribution in [0, 0.1) is 3.57 Å². The molecule has 1 nitrogen and oxygen atoms in total. The Hall–Kier alpha value is 0.0200. The Morgan fingerprint density at radius 2 is 1.74 bits per heavy atom. The van der Waals surface area contributed by atoms with Crippen molar-refractivity contribution in [3.05, 3.63) is 27.8 Å². The highest BCUT2D eigenvalue weighted by Gasteiger charge is 2.36. The second-order valence-electron chi connectivity index (χ2n) is 4.16. The zero-order valence-corrected chi connectivity index (χ0v) is 14.0. The van der Waals surface area contributed by atoms with Crippen molar-refractivity contribution in [2.45, 2.75) is 36.7 Å². The number of halogens is 5. The minimum absolute atomic E-state index is 0.118. The van der Waals surface area contributed by atoms with Gasteiger partial charge in [0.15, 0.2) is 0 Å². The average Bonchev–Trinajstić information content (AvgIpc) is 2.34. The quantitative estimate of drug-likeness (QED) is 0.300. The highest BCUT2D eigenvalue weighted by molar-refractivity contribution is 14.1. The summed E-state index contributed by atoms with van der Waals surface area (Å²) in [4.78, 5) is -1.39. The SMILES string of the molecule is FC(F)(F)C(Br)CCCCCOc1ccc(I)cc1. The Morgan fingerprint density at radius 1 is 1.11 bits per heavy atom. The molecular weight excluding hydrogens is 436 g/mol. The lowest BCUT2D eigenvalue weighted by Crippen LogP contribution is -2.22. The van der Waals surface area contributed by atoms with E-state index in [4.69, 9.17) is 4.74 Å². The van der Waals surface area contributed by atoms with Crippen LogP contribution in [-0.4, -0.2) is 17.6 Å². The number of rotatable bonds is 7. The molecule has 6 heteroatoms. The molecule has 1 aromatic carbocycles. The van der Waals surface area contributed by atoms with Crippen LogP contribution in [0.4, 0.5) is 13.2 Å². The zero-order chi connectivity index (χ0) is 14.3. The van der Waals surface area contributed by atoms with Gasteiger partial charge < -0.3 is 4.74 Å². The van der Waals surface area contributed by atoms with E-state index in [1.165, 1.54) is 0 Å². The molecule has 0 heterocycles. The van der Waals surface area contributed by atoms with Gasteiger partial charge in [0.05, 0.1) is 6.61 Å². The van der Waals surface area contributed by atoms with Gasteiger partial charge in [-0.05, 0) is 59.7 Å². The molecule has 0 aliphatic heterocycles. The van der Waals surface area contributed by atoms with Gasteiger partial charge >= 0.3 is 6.18 Å². The van der Waals surface area contributed by atoms with Gasteiger partial charge in [0.25, 0.3) is 0 Å². The molecule has 0 bridgehead atoms. The molecule has 1 rings (SSSR count). The molecule has 0 saturated carbocycles. The van der Waals surface area contributed by atoms with Crippen molar-refractivity contribution in [2.75, 3.05) is 6.61 Å². The standard InChI is InChI=1S/C13H15BrF3IO/c14-12(13(15,16)17)4-2-1-3-9-19-11-7-5-10(18)6-8-11/h5-8,12H,1-4,9H2. The first-order chi connectivity index (χ1) is 8.89. The van der Waals surface area contributed by atoms with Crippen LogP contribution in [0.3, 0.4) is 0 Å². The van der Waals surface area contributed by atoms with E-state index in [0.717, 1.165) is 22.2 Å². The topological polar surface area (TPSA) is 9.23 Å². The molecule has 0 aliphatic carbocycles. The van der Waals surface area contributed by atoms with Gasteiger partial charge in [-0.1, -0.05) is 28.8 Å². The molecular formula is C13H15BrF3IO. The third-order valence-electron chi connectivity index (χ3n) is 2.54. The molecule has 0 N–H and O–H groups in total. The molecule has 0 spiro atoms. The van der Waals surface area contributed by atoms with Crippen molar-refractivity contribution in [2.24, 2.45) is 0 Å². The predicted molar refractivity (Wildman–Crippen MR) is 81.9 cm³/mol. The smallest absolute Gasteiger partial charge is 0.401 e. The summed E-state index contributed by atoms with van der Waals surface area (Å²) in [6, 6.07) is 7.68. The Bertz CT molecular complexity index is 367. The lowest BCUT2D eigenvalue weighted by atomic mass is 10.1. The summed E-state index contributed by atoms with van der Waals surface area (Å²) in [5.41, 5.74) is 0. The van der Waals surface area contributed by atoms with Crippen molar-refractivity contribution in [1.82, 2.24) is 0 Å². The first kappa shape index (κ1) is 17.1. The van der Waals surface area contributed by atoms with Crippen LogP contribution in [0.5, 0.6) is 5.75 Å². The van der Waals surface area contributed by atoms with Crippen LogP contribution in [-0.2, 0) is 0 Å². The van der Waals surface area contributed by atoms with Gasteiger partial charge in [0.1, 0.15) is 10.6 Å². The van der Waals surface area contributed by atoms with Gasteiger partial charge in [-0.15, -0.1) is 0 Å². The van der Waals surface area contributed by atoms with Crippen LogP contribution in [0.2, 0.25) is 0 Å². The van der Waals surface area contributed by atoms with Gasteiger partial charge in [-0.2, -0.15) is 13.2 Å². The van der Waals surface area contributed by atoms with Crippen molar-refractivity contribution >= 4 is 38.5 Å². The summed E-state index contributed by atoms with van der Waals surface area (Å²) in [7, 11) is 0. The summed E-state index contributed by atoms with van der Waals surface area (Å²) in [6.07, 6.45) is -1.97. The summed E-state index contributed by atoms with van der Waals surface area (Å²) >= 11 is 4.87. The monoisotopic (exact) mass is 450 g/mol. The van der Waals surface area contributed by atoms with E-state index in [1.54, 1.807) is 0 Å². The number of hydrogen-bond donors (Lipinski definition) is 0. The molecule has 0 amide bonds. The van der Waals surface area contributed by atoms with Crippen molar-refractivity contribution < 1.29 is 17.9 Å². The maximum absolute atomic E-state index is 12.2. The molecule has 0 fully saturated rings. The third kappa shape index (κ3) is 7.39. The minimum Gasteiger partial charge on any atom is -0.494 e. The van der Waals surface area contributed by atoms with Crippen molar-refractivity contribution in [3.8, 4) is 5.75 Å². The van der Waals surface area contributed by atoms with Gasteiger partial charge in [0, 0.05) is 3.57 Å². The number of benzene rings is 1. The normalized spacial score (nSPS) is 13.3. The summed E-state index contributed by atoms with van der Waals surface area (Å²) in [6.45, 7) is 0.541. The predicted octanol–water partition coefficient (Wildman–Crippen LogP) is 5.56. The molecule has 19 heavy (non-hydrogen) atoms. The first-order valence-corrected chi connectivity index (χ1v) is 7.98. The fourth-order valence-electron chi connectivity index (χ4n) is 1.49. The molecule has 1 atom stereocenters. The summed E-state index contributed by atoms with van der Waals surface area (Å²) < 4.78 is 43.3. The second kappa shape index (κ2) is 8.34. The van der Waals surface area contributed by atoms with E-state index in [0.29, 0.717) is 13.0 Å². The maximum Gasteiger partial charge on any atom is 0.401 e. The van der Waals surface area contributed by atoms with Crippen LogP contribution >= 0.6 is 38.5 Å². The molecule has 108 valence electrons. The average molecular weight is 451 g/mol. The third-order valence-corrected chi connectivity index (χ3v) is 4.24.